The van der Waals surface area contributed by atoms with Crippen molar-refractivity contribution < 1.29 is 13.9 Å². The first-order chi connectivity index (χ1) is 9.65. The van der Waals surface area contributed by atoms with Crippen molar-refractivity contribution in [1.82, 2.24) is 0 Å². The van der Waals surface area contributed by atoms with Crippen LogP contribution in [0.1, 0.15) is 11.1 Å². The van der Waals surface area contributed by atoms with Crippen molar-refractivity contribution in [2.24, 2.45) is 0 Å². The van der Waals surface area contributed by atoms with Crippen LogP contribution < -0.4 is 9.64 Å². The van der Waals surface area contributed by atoms with E-state index in [1.807, 2.05) is 24.3 Å². The van der Waals surface area contributed by atoms with Gasteiger partial charge < -0.3 is 9.64 Å². The molecule has 0 unspecified atom stereocenters. The monoisotopic (exact) mass is 271 g/mol. The number of hydrogen-bond acceptors (Lipinski definition) is 2. The molecule has 0 atom stereocenters. The summed E-state index contributed by atoms with van der Waals surface area (Å²) in [6, 6.07) is 12.2. The molecule has 0 saturated carbocycles. The van der Waals surface area contributed by atoms with Crippen LogP contribution in [-0.4, -0.2) is 12.5 Å². The van der Waals surface area contributed by atoms with Gasteiger partial charge in [-0.1, -0.05) is 18.2 Å². The fraction of sp³-hybridized carbons (Fsp3) is 0.188. The van der Waals surface area contributed by atoms with E-state index in [1.54, 1.807) is 24.0 Å². The van der Waals surface area contributed by atoms with Gasteiger partial charge in [0, 0.05) is 11.3 Å². The van der Waals surface area contributed by atoms with Gasteiger partial charge in [-0.25, -0.2) is 4.39 Å². The van der Waals surface area contributed by atoms with Crippen LogP contribution in [0.15, 0.2) is 42.5 Å². The maximum Gasteiger partial charge on any atom is 0.265 e. The first-order valence-electron chi connectivity index (χ1n) is 6.42. The van der Waals surface area contributed by atoms with E-state index in [1.165, 1.54) is 6.07 Å². The number of halogens is 1. The van der Waals surface area contributed by atoms with Crippen molar-refractivity contribution in [3.63, 3.8) is 0 Å². The van der Waals surface area contributed by atoms with Gasteiger partial charge in [0.15, 0.2) is 6.61 Å². The molecule has 4 heteroatoms. The quantitative estimate of drug-likeness (QED) is 0.797. The molecule has 0 aliphatic carbocycles. The highest BCUT2D eigenvalue weighted by Crippen LogP contribution is 2.27. The lowest BCUT2D eigenvalue weighted by molar-refractivity contribution is -0.120. The van der Waals surface area contributed by atoms with Crippen molar-refractivity contribution in [3.8, 4) is 5.75 Å². The van der Waals surface area contributed by atoms with Gasteiger partial charge in [0.25, 0.3) is 5.91 Å². The number of carbonyl (C=O) groups excluding carboxylic acids is 1. The fourth-order valence-electron chi connectivity index (χ4n) is 2.28. The molecule has 20 heavy (non-hydrogen) atoms. The molecule has 0 spiro atoms. The van der Waals surface area contributed by atoms with Crippen LogP contribution >= 0.6 is 0 Å². The molecule has 0 N–H and O–H groups in total. The zero-order chi connectivity index (χ0) is 14.1. The Hall–Kier alpha value is -2.36. The van der Waals surface area contributed by atoms with Crippen molar-refractivity contribution in [1.29, 1.82) is 0 Å². The Morgan fingerprint density at radius 2 is 2.00 bits per heavy atom. The highest BCUT2D eigenvalue weighted by Gasteiger charge is 2.22. The molecule has 0 saturated heterocycles. The van der Waals surface area contributed by atoms with Gasteiger partial charge >= 0.3 is 0 Å². The standard InChI is InChI=1S/C16H14FNO2/c1-11-8-13(6-7-14(11)17)18-9-12-4-2-3-5-15(12)20-10-16(18)19/h2-8H,9-10H2,1H3. The Labute approximate surface area is 116 Å². The smallest absolute Gasteiger partial charge is 0.265 e. The SMILES string of the molecule is Cc1cc(N2Cc3ccccc3OCC2=O)ccc1F. The number of para-hydroxylation sites is 1. The largest absolute Gasteiger partial charge is 0.483 e. The number of amides is 1. The van der Waals surface area contributed by atoms with Gasteiger partial charge in [-0.15, -0.1) is 0 Å². The number of hydrogen-bond donors (Lipinski definition) is 0. The zero-order valence-electron chi connectivity index (χ0n) is 11.1. The van der Waals surface area contributed by atoms with E-state index >= 15 is 0 Å². The lowest BCUT2D eigenvalue weighted by Crippen LogP contribution is -2.32. The molecule has 0 radical (unpaired) electrons. The summed E-state index contributed by atoms with van der Waals surface area (Å²) >= 11 is 0. The Balaban J connectivity index is 1.99. The van der Waals surface area contributed by atoms with E-state index in [-0.39, 0.29) is 18.3 Å². The highest BCUT2D eigenvalue weighted by atomic mass is 19.1. The topological polar surface area (TPSA) is 29.5 Å². The number of fused-ring (bicyclic) bond motifs is 1. The summed E-state index contributed by atoms with van der Waals surface area (Å²) in [6.07, 6.45) is 0. The maximum atomic E-state index is 13.4. The molecule has 2 aromatic carbocycles. The van der Waals surface area contributed by atoms with Crippen LogP contribution in [0.4, 0.5) is 10.1 Å². The second-order valence-electron chi connectivity index (χ2n) is 4.81. The minimum atomic E-state index is -0.271. The number of aryl methyl sites for hydroxylation is 1. The summed E-state index contributed by atoms with van der Waals surface area (Å²) in [5, 5.41) is 0. The molecule has 1 heterocycles. The summed E-state index contributed by atoms with van der Waals surface area (Å²) in [7, 11) is 0. The third-order valence-electron chi connectivity index (χ3n) is 3.41. The molecule has 102 valence electrons. The molecule has 3 rings (SSSR count). The zero-order valence-corrected chi connectivity index (χ0v) is 11.1. The molecule has 2 aromatic rings. The average molecular weight is 271 g/mol. The first kappa shape index (κ1) is 12.7. The van der Waals surface area contributed by atoms with Crippen LogP contribution in [0, 0.1) is 12.7 Å². The Morgan fingerprint density at radius 3 is 2.80 bits per heavy atom. The lowest BCUT2D eigenvalue weighted by atomic mass is 10.1. The Bertz CT molecular complexity index is 669. The van der Waals surface area contributed by atoms with E-state index in [0.29, 0.717) is 17.8 Å². The summed E-state index contributed by atoms with van der Waals surface area (Å²) in [6.45, 7) is 2.11. The predicted octanol–water partition coefficient (Wildman–Crippen LogP) is 3.06. The Morgan fingerprint density at radius 1 is 1.20 bits per heavy atom. The minimum Gasteiger partial charge on any atom is -0.483 e. The van der Waals surface area contributed by atoms with Gasteiger partial charge in [0.05, 0.1) is 6.54 Å². The molecular formula is C16H14FNO2. The number of benzene rings is 2. The average Bonchev–Trinajstić information content (AvgIpc) is 2.62. The molecule has 0 fully saturated rings. The molecular weight excluding hydrogens is 257 g/mol. The second-order valence-corrected chi connectivity index (χ2v) is 4.81. The van der Waals surface area contributed by atoms with Gasteiger partial charge in [0.1, 0.15) is 11.6 Å². The van der Waals surface area contributed by atoms with Crippen LogP contribution in [0.5, 0.6) is 5.75 Å². The number of ether oxygens (including phenoxy) is 1. The predicted molar refractivity (Wildman–Crippen MR) is 74.3 cm³/mol. The van der Waals surface area contributed by atoms with Gasteiger partial charge in [-0.05, 0) is 36.8 Å². The summed E-state index contributed by atoms with van der Waals surface area (Å²) in [5.74, 6) is 0.321. The molecule has 0 bridgehead atoms. The Kier molecular flexibility index (Phi) is 3.14. The summed E-state index contributed by atoms with van der Waals surface area (Å²) < 4.78 is 18.9. The molecule has 1 aliphatic rings. The molecule has 0 aromatic heterocycles. The van der Waals surface area contributed by atoms with E-state index < -0.39 is 0 Å². The van der Waals surface area contributed by atoms with Crippen LogP contribution in [0.3, 0.4) is 0 Å². The van der Waals surface area contributed by atoms with Gasteiger partial charge in [-0.3, -0.25) is 4.79 Å². The van der Waals surface area contributed by atoms with Crippen LogP contribution in [0.25, 0.3) is 0 Å². The number of rotatable bonds is 1. The summed E-state index contributed by atoms with van der Waals surface area (Å²) in [4.78, 5) is 13.8. The number of carbonyl (C=O) groups is 1. The first-order valence-corrected chi connectivity index (χ1v) is 6.42. The van der Waals surface area contributed by atoms with E-state index in [9.17, 15) is 9.18 Å². The fourth-order valence-corrected chi connectivity index (χ4v) is 2.28. The van der Waals surface area contributed by atoms with Crippen molar-refractivity contribution in [2.75, 3.05) is 11.5 Å². The molecule has 3 nitrogen and oxygen atoms in total. The lowest BCUT2D eigenvalue weighted by Gasteiger charge is -2.20. The third kappa shape index (κ3) is 2.25. The van der Waals surface area contributed by atoms with E-state index in [0.717, 1.165) is 11.3 Å². The minimum absolute atomic E-state index is 0.00651. The van der Waals surface area contributed by atoms with Crippen LogP contribution in [0.2, 0.25) is 0 Å². The van der Waals surface area contributed by atoms with E-state index in [4.69, 9.17) is 4.74 Å². The second kappa shape index (κ2) is 4.96. The van der Waals surface area contributed by atoms with Gasteiger partial charge in [0.2, 0.25) is 0 Å². The third-order valence-corrected chi connectivity index (χ3v) is 3.41. The van der Waals surface area contributed by atoms with Crippen molar-refractivity contribution >= 4 is 11.6 Å². The maximum absolute atomic E-state index is 13.4. The van der Waals surface area contributed by atoms with Crippen molar-refractivity contribution in [2.45, 2.75) is 13.5 Å². The van der Waals surface area contributed by atoms with E-state index in [2.05, 4.69) is 0 Å². The number of anilines is 1. The normalized spacial score (nSPS) is 14.5. The molecule has 1 aliphatic heterocycles. The summed E-state index contributed by atoms with van der Waals surface area (Å²) in [5.41, 5.74) is 2.16. The van der Waals surface area contributed by atoms with Crippen LogP contribution in [-0.2, 0) is 11.3 Å². The highest BCUT2D eigenvalue weighted by molar-refractivity contribution is 5.95. The van der Waals surface area contributed by atoms with Crippen molar-refractivity contribution in [3.05, 3.63) is 59.4 Å². The van der Waals surface area contributed by atoms with Gasteiger partial charge in [-0.2, -0.15) is 0 Å². The number of nitrogens with zero attached hydrogens (tertiary/aromatic N) is 1. The molecule has 1 amide bonds.